The maximum atomic E-state index is 12.7. The molecule has 166 valence electrons. The molecule has 1 aliphatic carbocycles. The largest absolute Gasteiger partial charge is 0.490 e. The lowest BCUT2D eigenvalue weighted by atomic mass is 9.82. The highest BCUT2D eigenvalue weighted by molar-refractivity contribution is 5.92. The van der Waals surface area contributed by atoms with Crippen molar-refractivity contribution in [1.82, 2.24) is 14.9 Å². The number of carbonyl (C=O) groups excluding carboxylic acids is 1. The minimum absolute atomic E-state index is 0.0217. The van der Waals surface area contributed by atoms with Gasteiger partial charge in [-0.3, -0.25) is 14.7 Å². The zero-order chi connectivity index (χ0) is 21.7. The minimum Gasteiger partial charge on any atom is -0.475 e. The molecule has 30 heavy (non-hydrogen) atoms. The van der Waals surface area contributed by atoms with E-state index in [1.54, 1.807) is 18.6 Å². The molecule has 3 atom stereocenters. The first-order chi connectivity index (χ1) is 14.3. The molecular formula is C19H25F3N4O4. The predicted molar refractivity (Wildman–Crippen MR) is 99.5 cm³/mol. The number of likely N-dealkylation sites (tertiary alicyclic amines) is 1. The molecule has 1 aromatic heterocycles. The molecule has 0 unspecified atom stereocenters. The molecule has 2 saturated heterocycles. The van der Waals surface area contributed by atoms with E-state index in [-0.39, 0.29) is 11.8 Å². The van der Waals surface area contributed by atoms with Crippen molar-refractivity contribution in [2.45, 2.75) is 37.9 Å². The quantitative estimate of drug-likeness (QED) is 0.757. The second-order valence-electron chi connectivity index (χ2n) is 7.84. The van der Waals surface area contributed by atoms with Crippen LogP contribution < -0.4 is 5.32 Å². The van der Waals surface area contributed by atoms with Gasteiger partial charge in [0.25, 0.3) is 0 Å². The standard InChI is InChI=1S/C17H24N4O2.C2HF3O2/c22-17(20-16-7-18-5-6-19-16)15-11-23-10-12-8-21(9-14(12)15)13-3-1-2-4-13;3-2(4,5)1(6)7/h5-7,12-15H,1-4,8-11H2,(H,19,20,22);(H,6,7)/t12-,14-,15-;/m1./s1. The zero-order valence-corrected chi connectivity index (χ0v) is 16.3. The summed E-state index contributed by atoms with van der Waals surface area (Å²) < 4.78 is 37.5. The van der Waals surface area contributed by atoms with Gasteiger partial charge in [0.2, 0.25) is 5.91 Å². The Hall–Kier alpha value is -2.27. The van der Waals surface area contributed by atoms with Crippen LogP contribution in [0.4, 0.5) is 19.0 Å². The Morgan fingerprint density at radius 2 is 1.87 bits per heavy atom. The van der Waals surface area contributed by atoms with Crippen molar-refractivity contribution in [3.05, 3.63) is 18.6 Å². The first kappa shape index (κ1) is 22.4. The SMILES string of the molecule is O=C(Nc1cnccn1)[C@@H]1COC[C@H]2CN(C3CCCC3)C[C@H]21.O=C(O)C(F)(F)F. The second kappa shape index (κ2) is 9.69. The van der Waals surface area contributed by atoms with Gasteiger partial charge < -0.3 is 15.2 Å². The lowest BCUT2D eigenvalue weighted by molar-refractivity contribution is -0.192. The van der Waals surface area contributed by atoms with Gasteiger partial charge >= 0.3 is 12.1 Å². The van der Waals surface area contributed by atoms with Crippen LogP contribution in [0.2, 0.25) is 0 Å². The van der Waals surface area contributed by atoms with Crippen LogP contribution in [-0.4, -0.2) is 70.4 Å². The van der Waals surface area contributed by atoms with E-state index in [1.807, 2.05) is 0 Å². The van der Waals surface area contributed by atoms with E-state index in [4.69, 9.17) is 14.6 Å². The summed E-state index contributed by atoms with van der Waals surface area (Å²) in [4.78, 5) is 32.3. The number of rotatable bonds is 3. The first-order valence-electron chi connectivity index (χ1n) is 9.94. The molecule has 8 nitrogen and oxygen atoms in total. The highest BCUT2D eigenvalue weighted by Crippen LogP contribution is 2.38. The van der Waals surface area contributed by atoms with Crippen LogP contribution in [0.15, 0.2) is 18.6 Å². The Morgan fingerprint density at radius 3 is 2.47 bits per heavy atom. The molecule has 3 heterocycles. The highest BCUT2D eigenvalue weighted by Gasteiger charge is 2.45. The molecule has 4 rings (SSSR count). The number of aromatic nitrogens is 2. The maximum absolute atomic E-state index is 12.7. The molecule has 1 saturated carbocycles. The lowest BCUT2D eigenvalue weighted by Gasteiger charge is -2.31. The Balaban J connectivity index is 0.000000318. The highest BCUT2D eigenvalue weighted by atomic mass is 19.4. The van der Waals surface area contributed by atoms with Gasteiger partial charge in [-0.25, -0.2) is 9.78 Å². The smallest absolute Gasteiger partial charge is 0.475 e. The van der Waals surface area contributed by atoms with Crippen LogP contribution in [0.3, 0.4) is 0 Å². The van der Waals surface area contributed by atoms with E-state index in [2.05, 4.69) is 20.2 Å². The fourth-order valence-corrected chi connectivity index (χ4v) is 4.45. The monoisotopic (exact) mass is 430 g/mol. The van der Waals surface area contributed by atoms with Crippen LogP contribution in [0.5, 0.6) is 0 Å². The van der Waals surface area contributed by atoms with Crippen molar-refractivity contribution < 1.29 is 32.6 Å². The fraction of sp³-hybridized carbons (Fsp3) is 0.684. The number of carboxylic acid groups (broad SMARTS) is 1. The van der Waals surface area contributed by atoms with Crippen LogP contribution in [-0.2, 0) is 14.3 Å². The Morgan fingerprint density at radius 1 is 1.17 bits per heavy atom. The molecule has 2 aliphatic heterocycles. The number of hydrogen-bond donors (Lipinski definition) is 2. The normalized spacial score (nSPS) is 27.1. The van der Waals surface area contributed by atoms with Crippen molar-refractivity contribution in [3.63, 3.8) is 0 Å². The molecule has 2 N–H and O–H groups in total. The first-order valence-corrected chi connectivity index (χ1v) is 9.94. The number of nitrogens with zero attached hydrogens (tertiary/aromatic N) is 3. The average Bonchev–Trinajstić information content (AvgIpc) is 3.37. The topological polar surface area (TPSA) is 105 Å². The van der Waals surface area contributed by atoms with Gasteiger partial charge in [0, 0.05) is 31.5 Å². The van der Waals surface area contributed by atoms with Crippen molar-refractivity contribution in [1.29, 1.82) is 0 Å². The zero-order valence-electron chi connectivity index (χ0n) is 16.3. The van der Waals surface area contributed by atoms with Crippen molar-refractivity contribution in [2.75, 3.05) is 31.6 Å². The van der Waals surface area contributed by atoms with Crippen LogP contribution in [0, 0.1) is 17.8 Å². The summed E-state index contributed by atoms with van der Waals surface area (Å²) in [7, 11) is 0. The number of aliphatic carboxylic acids is 1. The van der Waals surface area contributed by atoms with E-state index >= 15 is 0 Å². The van der Waals surface area contributed by atoms with Gasteiger partial charge in [-0.2, -0.15) is 13.2 Å². The van der Waals surface area contributed by atoms with Crippen LogP contribution in [0.25, 0.3) is 0 Å². The minimum atomic E-state index is -5.08. The van der Waals surface area contributed by atoms with Crippen molar-refractivity contribution in [2.24, 2.45) is 17.8 Å². The van der Waals surface area contributed by atoms with E-state index in [0.29, 0.717) is 24.3 Å². The maximum Gasteiger partial charge on any atom is 0.490 e. The number of carbonyl (C=O) groups is 2. The Bertz CT molecular complexity index is 728. The van der Waals surface area contributed by atoms with E-state index in [1.165, 1.54) is 25.7 Å². The third kappa shape index (κ3) is 5.66. The Labute approximate surface area is 171 Å². The van der Waals surface area contributed by atoms with Crippen LogP contribution in [0.1, 0.15) is 25.7 Å². The number of nitrogens with one attached hydrogen (secondary N) is 1. The number of amides is 1. The average molecular weight is 430 g/mol. The van der Waals surface area contributed by atoms with Gasteiger partial charge in [-0.05, 0) is 24.7 Å². The molecule has 0 radical (unpaired) electrons. The van der Waals surface area contributed by atoms with Gasteiger partial charge in [0.15, 0.2) is 5.82 Å². The number of anilines is 1. The van der Waals surface area contributed by atoms with Gasteiger partial charge in [0.1, 0.15) is 0 Å². The summed E-state index contributed by atoms with van der Waals surface area (Å²) in [6.45, 7) is 3.44. The van der Waals surface area contributed by atoms with E-state index in [0.717, 1.165) is 25.7 Å². The number of ether oxygens (including phenoxy) is 1. The Kier molecular flexibility index (Phi) is 7.24. The van der Waals surface area contributed by atoms with Crippen LogP contribution >= 0.6 is 0 Å². The molecule has 1 amide bonds. The molecular weight excluding hydrogens is 405 g/mol. The summed E-state index contributed by atoms with van der Waals surface area (Å²) >= 11 is 0. The fourth-order valence-electron chi connectivity index (χ4n) is 4.45. The molecule has 3 aliphatic rings. The van der Waals surface area contributed by atoms with Gasteiger partial charge in [-0.1, -0.05) is 12.8 Å². The molecule has 0 bridgehead atoms. The van der Waals surface area contributed by atoms with Crippen molar-refractivity contribution >= 4 is 17.7 Å². The summed E-state index contributed by atoms with van der Waals surface area (Å²) in [5, 5.41) is 10.0. The molecule has 0 aromatic carbocycles. The summed E-state index contributed by atoms with van der Waals surface area (Å²) in [5.41, 5.74) is 0. The van der Waals surface area contributed by atoms with Gasteiger partial charge in [-0.15, -0.1) is 0 Å². The summed E-state index contributed by atoms with van der Waals surface area (Å²) in [6.07, 6.45) is 5.03. The number of halogens is 3. The molecule has 0 spiro atoms. The van der Waals surface area contributed by atoms with Gasteiger partial charge in [0.05, 0.1) is 25.3 Å². The summed E-state index contributed by atoms with van der Waals surface area (Å²) in [5.74, 6) is -1.41. The predicted octanol–water partition coefficient (Wildman–Crippen LogP) is 2.19. The van der Waals surface area contributed by atoms with E-state index < -0.39 is 12.1 Å². The lowest BCUT2D eigenvalue weighted by Crippen LogP contribution is -2.42. The third-order valence-corrected chi connectivity index (χ3v) is 5.90. The number of alkyl halides is 3. The molecule has 11 heteroatoms. The number of hydrogen-bond acceptors (Lipinski definition) is 6. The second-order valence-corrected chi connectivity index (χ2v) is 7.84. The van der Waals surface area contributed by atoms with Crippen molar-refractivity contribution in [3.8, 4) is 0 Å². The summed E-state index contributed by atoms with van der Waals surface area (Å²) in [6, 6.07) is 0.726. The molecule has 3 fully saturated rings. The number of carboxylic acids is 1. The molecule has 1 aromatic rings. The van der Waals surface area contributed by atoms with E-state index in [9.17, 15) is 18.0 Å². The third-order valence-electron chi connectivity index (χ3n) is 5.90. The number of fused-ring (bicyclic) bond motifs is 1.